The summed E-state index contributed by atoms with van der Waals surface area (Å²) >= 11 is 8.87. The van der Waals surface area contributed by atoms with Crippen LogP contribution in [-0.4, -0.2) is 11.0 Å². The number of amides is 1. The summed E-state index contributed by atoms with van der Waals surface area (Å²) in [6.45, 7) is 0. The highest BCUT2D eigenvalue weighted by Crippen LogP contribution is 2.32. The maximum Gasteiger partial charge on any atom is 0.241 e. The van der Waals surface area contributed by atoms with Gasteiger partial charge in [-0.1, -0.05) is 11.6 Å². The Bertz CT molecular complexity index is 404. The summed E-state index contributed by atoms with van der Waals surface area (Å²) in [5.74, 6) is -0.563. The van der Waals surface area contributed by atoms with Crippen molar-refractivity contribution in [3.05, 3.63) is 33.3 Å². The van der Waals surface area contributed by atoms with Gasteiger partial charge in [-0.05, 0) is 34.1 Å². The Labute approximate surface area is 94.3 Å². The van der Waals surface area contributed by atoms with Crippen molar-refractivity contribution in [2.24, 2.45) is 5.73 Å². The third kappa shape index (κ3) is 2.75. The third-order valence-electron chi connectivity index (χ3n) is 1.48. The molecule has 1 aromatic rings. The van der Waals surface area contributed by atoms with Gasteiger partial charge in [0.1, 0.15) is 5.75 Å². The highest BCUT2D eigenvalue weighted by molar-refractivity contribution is 9.10. The van der Waals surface area contributed by atoms with Crippen molar-refractivity contribution >= 4 is 39.5 Å². The van der Waals surface area contributed by atoms with Crippen LogP contribution in [0.3, 0.4) is 0 Å². The fourth-order valence-corrected chi connectivity index (χ4v) is 1.72. The van der Waals surface area contributed by atoms with Gasteiger partial charge in [-0.15, -0.1) is 0 Å². The molecule has 1 aromatic carbocycles. The second-order valence-electron chi connectivity index (χ2n) is 2.56. The van der Waals surface area contributed by atoms with Crippen molar-refractivity contribution in [1.82, 2.24) is 0 Å². The van der Waals surface area contributed by atoms with Crippen LogP contribution in [0, 0.1) is 0 Å². The normalized spacial score (nSPS) is 10.7. The lowest BCUT2D eigenvalue weighted by Gasteiger charge is -2.02. The first-order valence-electron chi connectivity index (χ1n) is 3.66. The average molecular weight is 277 g/mol. The predicted octanol–water partition coefficient (Wildman–Crippen LogP) is 2.31. The minimum absolute atomic E-state index is 0.0203. The molecule has 0 aliphatic carbocycles. The molecule has 3 nitrogen and oxygen atoms in total. The number of phenols is 1. The molecule has 0 unspecified atom stereocenters. The molecule has 1 amide bonds. The average Bonchev–Trinajstić information content (AvgIpc) is 2.08. The predicted molar refractivity (Wildman–Crippen MR) is 59.0 cm³/mol. The van der Waals surface area contributed by atoms with E-state index in [1.54, 1.807) is 6.07 Å². The number of rotatable bonds is 2. The Hall–Kier alpha value is -1.00. The van der Waals surface area contributed by atoms with Gasteiger partial charge in [-0.2, -0.15) is 0 Å². The Morgan fingerprint density at radius 3 is 2.79 bits per heavy atom. The molecule has 14 heavy (non-hydrogen) atoms. The molecular formula is C9H7BrClNO2. The third-order valence-corrected chi connectivity index (χ3v) is 2.31. The Morgan fingerprint density at radius 1 is 1.57 bits per heavy atom. The lowest BCUT2D eigenvalue weighted by Crippen LogP contribution is -2.05. The van der Waals surface area contributed by atoms with Crippen LogP contribution in [-0.2, 0) is 4.79 Å². The van der Waals surface area contributed by atoms with Gasteiger partial charge in [0.05, 0.1) is 4.47 Å². The molecule has 3 N–H and O–H groups in total. The fourth-order valence-electron chi connectivity index (χ4n) is 0.885. The van der Waals surface area contributed by atoms with E-state index in [0.717, 1.165) is 6.08 Å². The second-order valence-corrected chi connectivity index (χ2v) is 3.85. The van der Waals surface area contributed by atoms with E-state index >= 15 is 0 Å². The first-order valence-corrected chi connectivity index (χ1v) is 4.83. The van der Waals surface area contributed by atoms with E-state index in [1.807, 2.05) is 0 Å². The van der Waals surface area contributed by atoms with Crippen LogP contribution >= 0.6 is 27.5 Å². The van der Waals surface area contributed by atoms with E-state index in [-0.39, 0.29) is 5.75 Å². The molecule has 0 saturated heterocycles. The van der Waals surface area contributed by atoms with Gasteiger partial charge in [-0.25, -0.2) is 0 Å². The lowest BCUT2D eigenvalue weighted by atomic mass is 10.2. The number of nitrogens with two attached hydrogens (primary N) is 1. The van der Waals surface area contributed by atoms with Crippen molar-refractivity contribution in [1.29, 1.82) is 0 Å². The Morgan fingerprint density at radius 2 is 2.21 bits per heavy atom. The molecule has 0 aliphatic heterocycles. The molecular weight excluding hydrogens is 269 g/mol. The largest absolute Gasteiger partial charge is 0.506 e. The number of benzene rings is 1. The van der Waals surface area contributed by atoms with Crippen LogP contribution in [0.25, 0.3) is 6.08 Å². The van der Waals surface area contributed by atoms with E-state index < -0.39 is 5.91 Å². The topological polar surface area (TPSA) is 63.3 Å². The first-order chi connectivity index (χ1) is 6.50. The van der Waals surface area contributed by atoms with Crippen LogP contribution in [0.4, 0.5) is 0 Å². The van der Waals surface area contributed by atoms with Crippen molar-refractivity contribution in [2.75, 3.05) is 0 Å². The summed E-state index contributed by atoms with van der Waals surface area (Å²) in [6.07, 6.45) is 2.55. The van der Waals surface area contributed by atoms with Crippen LogP contribution in [0.5, 0.6) is 5.75 Å². The molecule has 0 aliphatic rings. The van der Waals surface area contributed by atoms with Crippen LogP contribution < -0.4 is 5.73 Å². The molecule has 0 saturated carbocycles. The van der Waals surface area contributed by atoms with E-state index in [9.17, 15) is 9.90 Å². The van der Waals surface area contributed by atoms with Gasteiger partial charge < -0.3 is 10.8 Å². The summed E-state index contributed by atoms with van der Waals surface area (Å²) in [5.41, 5.74) is 5.35. The zero-order valence-corrected chi connectivity index (χ0v) is 9.34. The van der Waals surface area contributed by atoms with Crippen molar-refractivity contribution in [2.45, 2.75) is 0 Å². The zero-order valence-electron chi connectivity index (χ0n) is 7.00. The van der Waals surface area contributed by atoms with Crippen LogP contribution in [0.1, 0.15) is 5.56 Å². The number of primary amides is 1. The van der Waals surface area contributed by atoms with Gasteiger partial charge >= 0.3 is 0 Å². The SMILES string of the molecule is NC(=O)C=Cc1cc(Cl)cc(Br)c1O. The number of hydrogen-bond donors (Lipinski definition) is 2. The molecule has 0 heterocycles. The molecule has 5 heteroatoms. The molecule has 0 fully saturated rings. The number of aromatic hydroxyl groups is 1. The standard InChI is InChI=1S/C9H7BrClNO2/c10-7-4-6(11)3-5(9(7)14)1-2-8(12)13/h1-4,14H,(H2,12,13). The number of phenolic OH excluding ortho intramolecular Hbond substituents is 1. The van der Waals surface area contributed by atoms with Crippen molar-refractivity contribution in [3.8, 4) is 5.75 Å². The number of halogens is 2. The zero-order chi connectivity index (χ0) is 10.7. The second kappa shape index (κ2) is 4.48. The molecule has 1 rings (SSSR count). The fraction of sp³-hybridized carbons (Fsp3) is 0. The highest BCUT2D eigenvalue weighted by Gasteiger charge is 2.04. The summed E-state index contributed by atoms with van der Waals surface area (Å²) in [7, 11) is 0. The molecule has 74 valence electrons. The van der Waals surface area contributed by atoms with Gasteiger partial charge in [-0.3, -0.25) is 4.79 Å². The quantitative estimate of drug-likeness (QED) is 0.814. The van der Waals surface area contributed by atoms with Crippen molar-refractivity contribution < 1.29 is 9.90 Å². The molecule has 0 radical (unpaired) electrons. The number of carbonyl (C=O) groups excluding carboxylic acids is 1. The summed E-state index contributed by atoms with van der Waals surface area (Å²) in [4.78, 5) is 10.5. The van der Waals surface area contributed by atoms with Gasteiger partial charge in [0.2, 0.25) is 5.91 Å². The molecule has 0 aromatic heterocycles. The first kappa shape index (κ1) is 11.1. The monoisotopic (exact) mass is 275 g/mol. The summed E-state index contributed by atoms with van der Waals surface area (Å²) < 4.78 is 0.467. The van der Waals surface area contributed by atoms with Gasteiger partial charge in [0.15, 0.2) is 0 Å². The van der Waals surface area contributed by atoms with Gasteiger partial charge in [0, 0.05) is 16.7 Å². The van der Waals surface area contributed by atoms with Crippen LogP contribution in [0.15, 0.2) is 22.7 Å². The summed E-state index contributed by atoms with van der Waals surface area (Å²) in [6, 6.07) is 3.08. The molecule has 0 atom stereocenters. The highest BCUT2D eigenvalue weighted by atomic mass is 79.9. The van der Waals surface area contributed by atoms with Crippen molar-refractivity contribution in [3.63, 3.8) is 0 Å². The van der Waals surface area contributed by atoms with Crippen LogP contribution in [0.2, 0.25) is 5.02 Å². The van der Waals surface area contributed by atoms with E-state index in [0.29, 0.717) is 15.1 Å². The van der Waals surface area contributed by atoms with E-state index in [4.69, 9.17) is 17.3 Å². The maximum atomic E-state index is 10.5. The number of hydrogen-bond acceptors (Lipinski definition) is 2. The van der Waals surface area contributed by atoms with Gasteiger partial charge in [0.25, 0.3) is 0 Å². The Balaban J connectivity index is 3.14. The summed E-state index contributed by atoms with van der Waals surface area (Å²) in [5, 5.41) is 9.98. The minimum Gasteiger partial charge on any atom is -0.506 e. The van der Waals surface area contributed by atoms with E-state index in [2.05, 4.69) is 15.9 Å². The minimum atomic E-state index is -0.583. The number of carbonyl (C=O) groups is 1. The lowest BCUT2D eigenvalue weighted by molar-refractivity contribution is -0.113. The molecule has 0 bridgehead atoms. The molecule has 0 spiro atoms. The Kier molecular flexibility index (Phi) is 3.55. The van der Waals surface area contributed by atoms with E-state index in [1.165, 1.54) is 12.1 Å². The smallest absolute Gasteiger partial charge is 0.241 e. The maximum absolute atomic E-state index is 10.5.